The lowest BCUT2D eigenvalue weighted by Crippen LogP contribution is -2.39. The Labute approximate surface area is 180 Å². The fourth-order valence-electron chi connectivity index (χ4n) is 3.03. The van der Waals surface area contributed by atoms with Crippen molar-refractivity contribution in [2.24, 2.45) is 4.99 Å². The molecule has 5 nitrogen and oxygen atoms in total. The van der Waals surface area contributed by atoms with Gasteiger partial charge in [-0.25, -0.2) is 0 Å². The van der Waals surface area contributed by atoms with Crippen LogP contribution in [0.4, 0.5) is 0 Å². The number of benzene rings is 1. The van der Waals surface area contributed by atoms with Gasteiger partial charge in [-0.3, -0.25) is 9.67 Å². The Morgan fingerprint density at radius 1 is 1.30 bits per heavy atom. The average molecular weight is 481 g/mol. The summed E-state index contributed by atoms with van der Waals surface area (Å²) >= 11 is 0. The molecule has 2 rings (SSSR count). The molecule has 0 unspecified atom stereocenters. The summed E-state index contributed by atoms with van der Waals surface area (Å²) in [6.45, 7) is 10.5. The summed E-state index contributed by atoms with van der Waals surface area (Å²) in [5, 5.41) is 8.19. The van der Waals surface area contributed by atoms with E-state index in [4.69, 9.17) is 5.10 Å². The molecule has 1 aromatic carbocycles. The smallest absolute Gasteiger partial charge is 0.193 e. The maximum absolute atomic E-state index is 4.73. The molecule has 6 heteroatoms. The van der Waals surface area contributed by atoms with Gasteiger partial charge >= 0.3 is 0 Å². The van der Waals surface area contributed by atoms with Crippen LogP contribution < -0.4 is 5.32 Å². The van der Waals surface area contributed by atoms with Gasteiger partial charge < -0.3 is 10.2 Å². The molecule has 1 aromatic heterocycles. The molecule has 0 saturated heterocycles. The zero-order valence-corrected chi connectivity index (χ0v) is 19.2. The third-order valence-corrected chi connectivity index (χ3v) is 4.60. The molecular formula is C21H32IN5. The third-order valence-electron chi connectivity index (χ3n) is 4.60. The van der Waals surface area contributed by atoms with Crippen LogP contribution in [0, 0.1) is 13.8 Å². The number of hydrogen-bond donors (Lipinski definition) is 1. The SMILES string of the molecule is C=CCCCN(C)C(=NC)NCc1c(C)nn(Cc2ccccc2)c1C.I. The van der Waals surface area contributed by atoms with E-state index in [1.165, 1.54) is 16.8 Å². The first-order chi connectivity index (χ1) is 12.6. The highest BCUT2D eigenvalue weighted by atomic mass is 127. The number of unbranched alkanes of at least 4 members (excludes halogenated alkanes) is 1. The minimum Gasteiger partial charge on any atom is -0.352 e. The summed E-state index contributed by atoms with van der Waals surface area (Å²) in [4.78, 5) is 6.55. The summed E-state index contributed by atoms with van der Waals surface area (Å²) in [6, 6.07) is 10.4. The molecule has 0 aliphatic carbocycles. The number of aromatic nitrogens is 2. The number of rotatable bonds is 8. The second-order valence-electron chi connectivity index (χ2n) is 6.55. The molecule has 148 valence electrons. The van der Waals surface area contributed by atoms with Gasteiger partial charge in [-0.15, -0.1) is 30.6 Å². The van der Waals surface area contributed by atoms with Crippen LogP contribution in [0.5, 0.6) is 0 Å². The molecule has 27 heavy (non-hydrogen) atoms. The molecule has 1 N–H and O–H groups in total. The summed E-state index contributed by atoms with van der Waals surface area (Å²) in [5.41, 5.74) is 4.76. The summed E-state index contributed by atoms with van der Waals surface area (Å²) in [6.07, 6.45) is 4.05. The van der Waals surface area contributed by atoms with Crippen molar-refractivity contribution in [1.29, 1.82) is 0 Å². The van der Waals surface area contributed by atoms with Crippen molar-refractivity contribution in [1.82, 2.24) is 20.0 Å². The van der Waals surface area contributed by atoms with Gasteiger partial charge in [0.2, 0.25) is 0 Å². The molecule has 0 atom stereocenters. The van der Waals surface area contributed by atoms with E-state index in [2.05, 4.69) is 71.6 Å². The predicted molar refractivity (Wildman–Crippen MR) is 125 cm³/mol. The van der Waals surface area contributed by atoms with Crippen molar-refractivity contribution >= 4 is 29.9 Å². The average Bonchev–Trinajstić information content (AvgIpc) is 2.90. The number of aryl methyl sites for hydroxylation is 1. The van der Waals surface area contributed by atoms with Crippen LogP contribution in [0.15, 0.2) is 48.0 Å². The number of nitrogens with one attached hydrogen (secondary N) is 1. The highest BCUT2D eigenvalue weighted by Gasteiger charge is 2.13. The highest BCUT2D eigenvalue weighted by molar-refractivity contribution is 14.0. The Bertz CT molecular complexity index is 737. The molecule has 0 spiro atoms. The topological polar surface area (TPSA) is 45.4 Å². The highest BCUT2D eigenvalue weighted by Crippen LogP contribution is 2.15. The molecule has 0 fully saturated rings. The lowest BCUT2D eigenvalue weighted by molar-refractivity contribution is 0.469. The van der Waals surface area contributed by atoms with Gasteiger partial charge in [-0.1, -0.05) is 36.4 Å². The minimum absolute atomic E-state index is 0. The maximum atomic E-state index is 4.73. The second-order valence-corrected chi connectivity index (χ2v) is 6.55. The third kappa shape index (κ3) is 6.68. The molecule has 0 bridgehead atoms. The van der Waals surface area contributed by atoms with E-state index in [-0.39, 0.29) is 24.0 Å². The fraction of sp³-hybridized carbons (Fsp3) is 0.429. The van der Waals surface area contributed by atoms with E-state index >= 15 is 0 Å². The molecule has 0 aliphatic rings. The lowest BCUT2D eigenvalue weighted by Gasteiger charge is -2.22. The van der Waals surface area contributed by atoms with Crippen LogP contribution in [-0.2, 0) is 13.1 Å². The van der Waals surface area contributed by atoms with E-state index in [0.717, 1.165) is 44.1 Å². The van der Waals surface area contributed by atoms with E-state index in [1.807, 2.05) is 19.2 Å². The fourth-order valence-corrected chi connectivity index (χ4v) is 3.03. The molecular weight excluding hydrogens is 449 g/mol. The molecule has 0 aliphatic heterocycles. The lowest BCUT2D eigenvalue weighted by atomic mass is 10.2. The number of hydrogen-bond acceptors (Lipinski definition) is 2. The Hall–Kier alpha value is -1.83. The Balaban J connectivity index is 0.00000364. The van der Waals surface area contributed by atoms with Gasteiger partial charge in [0.1, 0.15) is 0 Å². The van der Waals surface area contributed by atoms with E-state index in [9.17, 15) is 0 Å². The monoisotopic (exact) mass is 481 g/mol. The van der Waals surface area contributed by atoms with Crippen molar-refractivity contribution in [3.8, 4) is 0 Å². The van der Waals surface area contributed by atoms with Crippen LogP contribution in [-0.4, -0.2) is 41.3 Å². The summed E-state index contributed by atoms with van der Waals surface area (Å²) in [5.74, 6) is 0.906. The van der Waals surface area contributed by atoms with Crippen molar-refractivity contribution < 1.29 is 0 Å². The van der Waals surface area contributed by atoms with E-state index in [1.54, 1.807) is 0 Å². The second kappa shape index (κ2) is 11.8. The summed E-state index contributed by atoms with van der Waals surface area (Å²) < 4.78 is 2.08. The number of aliphatic imine (C=N–C) groups is 1. The normalized spacial score (nSPS) is 11.0. The zero-order valence-electron chi connectivity index (χ0n) is 16.9. The first-order valence-corrected chi connectivity index (χ1v) is 9.16. The Morgan fingerprint density at radius 2 is 2.00 bits per heavy atom. The predicted octanol–water partition coefficient (Wildman–Crippen LogP) is 4.14. The molecule has 0 amide bonds. The van der Waals surface area contributed by atoms with Gasteiger partial charge in [-0.05, 0) is 32.3 Å². The largest absolute Gasteiger partial charge is 0.352 e. The molecule has 2 aromatic rings. The van der Waals surface area contributed by atoms with Gasteiger partial charge in [0.25, 0.3) is 0 Å². The number of nitrogens with zero attached hydrogens (tertiary/aromatic N) is 4. The summed E-state index contributed by atoms with van der Waals surface area (Å²) in [7, 11) is 3.89. The zero-order chi connectivity index (χ0) is 18.9. The van der Waals surface area contributed by atoms with Crippen LogP contribution in [0.3, 0.4) is 0 Å². The Kier molecular flexibility index (Phi) is 10.1. The number of halogens is 1. The van der Waals surface area contributed by atoms with Gasteiger partial charge in [0, 0.05) is 38.4 Å². The molecule has 0 radical (unpaired) electrons. The van der Waals surface area contributed by atoms with Crippen LogP contribution in [0.2, 0.25) is 0 Å². The van der Waals surface area contributed by atoms with E-state index < -0.39 is 0 Å². The van der Waals surface area contributed by atoms with Crippen LogP contribution in [0.1, 0.15) is 35.4 Å². The Morgan fingerprint density at radius 3 is 2.63 bits per heavy atom. The quantitative estimate of drug-likeness (QED) is 0.203. The number of guanidine groups is 1. The van der Waals surface area contributed by atoms with Crippen molar-refractivity contribution in [2.75, 3.05) is 20.6 Å². The van der Waals surface area contributed by atoms with Crippen LogP contribution in [0.25, 0.3) is 0 Å². The molecule has 1 heterocycles. The van der Waals surface area contributed by atoms with Crippen LogP contribution >= 0.6 is 24.0 Å². The minimum atomic E-state index is 0. The maximum Gasteiger partial charge on any atom is 0.193 e. The van der Waals surface area contributed by atoms with Crippen molar-refractivity contribution in [3.63, 3.8) is 0 Å². The van der Waals surface area contributed by atoms with Gasteiger partial charge in [-0.2, -0.15) is 5.10 Å². The molecule has 0 saturated carbocycles. The standard InChI is InChI=1S/C21H31N5.HI/c1-6-7-11-14-25(5)21(22-4)23-15-20-17(2)24-26(18(20)3)16-19-12-9-8-10-13-19;/h6,8-10,12-13H,1,7,11,14-16H2,2-5H3,(H,22,23);1H. The van der Waals surface area contributed by atoms with Crippen molar-refractivity contribution in [2.45, 2.75) is 39.8 Å². The number of allylic oxidation sites excluding steroid dienone is 1. The first-order valence-electron chi connectivity index (χ1n) is 9.16. The van der Waals surface area contributed by atoms with Gasteiger partial charge in [0.15, 0.2) is 5.96 Å². The van der Waals surface area contributed by atoms with Crippen molar-refractivity contribution in [3.05, 3.63) is 65.5 Å². The van der Waals surface area contributed by atoms with Gasteiger partial charge in [0.05, 0.1) is 12.2 Å². The first kappa shape index (κ1) is 23.2. The van der Waals surface area contributed by atoms with E-state index in [0.29, 0.717) is 0 Å².